The summed E-state index contributed by atoms with van der Waals surface area (Å²) < 4.78 is 30.3. The molecule has 0 N–H and O–H groups in total. The zero-order valence-electron chi connectivity index (χ0n) is 13.1. The molecule has 0 fully saturated rings. The van der Waals surface area contributed by atoms with Crippen molar-refractivity contribution in [2.45, 2.75) is 32.1 Å². The highest BCUT2D eigenvalue weighted by Crippen LogP contribution is 2.17. The van der Waals surface area contributed by atoms with Gasteiger partial charge in [-0.3, -0.25) is 4.79 Å². The van der Waals surface area contributed by atoms with E-state index in [2.05, 4.69) is 0 Å². The molecular formula is C16H21NO4S. The third kappa shape index (κ3) is 3.50. The Kier molecular flexibility index (Phi) is 4.90. The molecule has 0 unspecified atom stereocenters. The van der Waals surface area contributed by atoms with Crippen LogP contribution in [0.1, 0.15) is 20.3 Å². The molecule has 0 aliphatic heterocycles. The maximum Gasteiger partial charge on any atom is 0.258 e. The summed E-state index contributed by atoms with van der Waals surface area (Å²) in [6, 6.07) is 7.20. The molecule has 0 spiro atoms. The Bertz CT molecular complexity index is 822. The highest BCUT2D eigenvalue weighted by atomic mass is 32.2. The van der Waals surface area contributed by atoms with Gasteiger partial charge in [-0.05, 0) is 43.9 Å². The van der Waals surface area contributed by atoms with Gasteiger partial charge in [-0.1, -0.05) is 6.07 Å². The second kappa shape index (κ2) is 6.52. The molecule has 2 aromatic rings. The van der Waals surface area contributed by atoms with Crippen molar-refractivity contribution in [3.05, 3.63) is 40.8 Å². The van der Waals surface area contributed by atoms with E-state index < -0.39 is 9.84 Å². The Morgan fingerprint density at radius 1 is 1.23 bits per heavy atom. The monoisotopic (exact) mass is 323 g/mol. The van der Waals surface area contributed by atoms with Gasteiger partial charge in [0.15, 0.2) is 9.84 Å². The van der Waals surface area contributed by atoms with Crippen molar-refractivity contribution in [1.29, 1.82) is 0 Å². The molecule has 0 aliphatic rings. The van der Waals surface area contributed by atoms with Crippen LogP contribution in [-0.4, -0.2) is 31.1 Å². The lowest BCUT2D eigenvalue weighted by Crippen LogP contribution is -2.23. The summed E-state index contributed by atoms with van der Waals surface area (Å²) in [5.74, 6) is 0.720. The quantitative estimate of drug-likeness (QED) is 0.817. The molecule has 1 aromatic heterocycles. The molecular weight excluding hydrogens is 302 g/mol. The zero-order chi connectivity index (χ0) is 16.3. The first-order chi connectivity index (χ1) is 10.3. The lowest BCUT2D eigenvalue weighted by molar-refractivity contribution is 0.415. The second-order valence-corrected chi connectivity index (χ2v) is 8.21. The molecule has 0 saturated carbocycles. The number of hydrogen-bond acceptors (Lipinski definition) is 4. The molecule has 22 heavy (non-hydrogen) atoms. The fraction of sp³-hybridized carbons (Fsp3) is 0.438. The molecule has 0 amide bonds. The van der Waals surface area contributed by atoms with E-state index in [-0.39, 0.29) is 16.6 Å². The first-order valence-corrected chi connectivity index (χ1v) is 8.95. The molecule has 5 nitrogen and oxygen atoms in total. The SMILES string of the molecule is COc1ccc2ccn(CCCS(=O)(=O)C(C)C)c(=O)c2c1. The second-order valence-electron chi connectivity index (χ2n) is 5.54. The number of hydrogen-bond donors (Lipinski definition) is 0. The van der Waals surface area contributed by atoms with Gasteiger partial charge in [-0.25, -0.2) is 8.42 Å². The number of sulfone groups is 1. The maximum atomic E-state index is 12.4. The van der Waals surface area contributed by atoms with Crippen molar-refractivity contribution < 1.29 is 13.2 Å². The first kappa shape index (κ1) is 16.5. The van der Waals surface area contributed by atoms with Crippen molar-refractivity contribution in [3.8, 4) is 5.75 Å². The van der Waals surface area contributed by atoms with Gasteiger partial charge in [0.25, 0.3) is 5.56 Å². The summed E-state index contributed by atoms with van der Waals surface area (Å²) in [7, 11) is -1.51. The highest BCUT2D eigenvalue weighted by Gasteiger charge is 2.15. The summed E-state index contributed by atoms with van der Waals surface area (Å²) in [5, 5.41) is 1.04. The van der Waals surface area contributed by atoms with E-state index in [4.69, 9.17) is 4.74 Å². The number of fused-ring (bicyclic) bond motifs is 1. The Hall–Kier alpha value is -1.82. The summed E-state index contributed by atoms with van der Waals surface area (Å²) in [5.41, 5.74) is -0.127. The Morgan fingerprint density at radius 3 is 2.59 bits per heavy atom. The van der Waals surface area contributed by atoms with Crippen LogP contribution in [0.4, 0.5) is 0 Å². The van der Waals surface area contributed by atoms with Gasteiger partial charge in [0, 0.05) is 12.7 Å². The van der Waals surface area contributed by atoms with E-state index in [1.54, 1.807) is 43.9 Å². The van der Waals surface area contributed by atoms with E-state index in [1.165, 1.54) is 0 Å². The number of ether oxygens (including phenoxy) is 1. The van der Waals surface area contributed by atoms with Gasteiger partial charge >= 0.3 is 0 Å². The Morgan fingerprint density at radius 2 is 1.95 bits per heavy atom. The predicted octanol–water partition coefficient (Wildman–Crippen LogP) is 2.22. The van der Waals surface area contributed by atoms with Gasteiger partial charge in [0.2, 0.25) is 0 Å². The van der Waals surface area contributed by atoms with Crippen molar-refractivity contribution >= 4 is 20.6 Å². The lowest BCUT2D eigenvalue weighted by atomic mass is 10.1. The summed E-state index contributed by atoms with van der Waals surface area (Å²) in [6.07, 6.45) is 2.13. The molecule has 0 radical (unpaired) electrons. The molecule has 120 valence electrons. The maximum absolute atomic E-state index is 12.4. The largest absolute Gasteiger partial charge is 0.497 e. The van der Waals surface area contributed by atoms with Crippen LogP contribution in [-0.2, 0) is 16.4 Å². The predicted molar refractivity (Wildman–Crippen MR) is 88.3 cm³/mol. The fourth-order valence-corrected chi connectivity index (χ4v) is 3.24. The van der Waals surface area contributed by atoms with Crippen molar-refractivity contribution in [2.24, 2.45) is 0 Å². The molecule has 6 heteroatoms. The van der Waals surface area contributed by atoms with Crippen molar-refractivity contribution in [3.63, 3.8) is 0 Å². The molecule has 2 rings (SSSR count). The normalized spacial score (nSPS) is 12.0. The molecule has 1 heterocycles. The molecule has 0 saturated heterocycles. The molecule has 0 aliphatic carbocycles. The summed E-state index contributed by atoms with van der Waals surface area (Å²) in [4.78, 5) is 12.4. The minimum absolute atomic E-state index is 0.0905. The van der Waals surface area contributed by atoms with E-state index in [0.717, 1.165) is 5.39 Å². The van der Waals surface area contributed by atoms with E-state index >= 15 is 0 Å². The lowest BCUT2D eigenvalue weighted by Gasteiger charge is -2.10. The smallest absolute Gasteiger partial charge is 0.258 e. The fourth-order valence-electron chi connectivity index (χ4n) is 2.23. The average Bonchev–Trinajstić information content (AvgIpc) is 2.49. The number of rotatable bonds is 6. The third-order valence-corrected chi connectivity index (χ3v) is 6.03. The van der Waals surface area contributed by atoms with Gasteiger partial charge in [-0.15, -0.1) is 0 Å². The zero-order valence-corrected chi connectivity index (χ0v) is 13.9. The first-order valence-electron chi connectivity index (χ1n) is 7.24. The molecule has 1 aromatic carbocycles. The Labute approximate surface area is 130 Å². The van der Waals surface area contributed by atoms with Gasteiger partial charge in [-0.2, -0.15) is 0 Å². The minimum Gasteiger partial charge on any atom is -0.497 e. The van der Waals surface area contributed by atoms with Crippen LogP contribution in [0.5, 0.6) is 5.75 Å². The number of aryl methyl sites for hydroxylation is 1. The van der Waals surface area contributed by atoms with Crippen LogP contribution in [0, 0.1) is 0 Å². The van der Waals surface area contributed by atoms with Crippen molar-refractivity contribution in [2.75, 3.05) is 12.9 Å². The van der Waals surface area contributed by atoms with Crippen LogP contribution in [0.15, 0.2) is 35.3 Å². The number of aromatic nitrogens is 1. The number of nitrogens with zero attached hydrogens (tertiary/aromatic N) is 1. The summed E-state index contributed by atoms with van der Waals surface area (Å²) in [6.45, 7) is 3.73. The topological polar surface area (TPSA) is 65.4 Å². The van der Waals surface area contributed by atoms with Crippen LogP contribution < -0.4 is 10.3 Å². The van der Waals surface area contributed by atoms with Gasteiger partial charge in [0.05, 0.1) is 23.5 Å². The van der Waals surface area contributed by atoms with Crippen molar-refractivity contribution in [1.82, 2.24) is 4.57 Å². The van der Waals surface area contributed by atoms with Crippen LogP contribution in [0.2, 0.25) is 0 Å². The van der Waals surface area contributed by atoms with Crippen LogP contribution in [0.3, 0.4) is 0 Å². The van der Waals surface area contributed by atoms with Gasteiger partial charge < -0.3 is 9.30 Å². The van der Waals surface area contributed by atoms with E-state index in [1.807, 2.05) is 12.1 Å². The third-order valence-electron chi connectivity index (χ3n) is 3.73. The Balaban J connectivity index is 2.22. The highest BCUT2D eigenvalue weighted by molar-refractivity contribution is 7.91. The number of methoxy groups -OCH3 is 1. The average molecular weight is 323 g/mol. The van der Waals surface area contributed by atoms with Gasteiger partial charge in [0.1, 0.15) is 5.75 Å². The minimum atomic E-state index is -3.07. The summed E-state index contributed by atoms with van der Waals surface area (Å²) >= 11 is 0. The number of pyridine rings is 1. The number of benzene rings is 1. The van der Waals surface area contributed by atoms with Crippen LogP contribution >= 0.6 is 0 Å². The van der Waals surface area contributed by atoms with E-state index in [9.17, 15) is 13.2 Å². The van der Waals surface area contributed by atoms with Crippen LogP contribution in [0.25, 0.3) is 10.8 Å². The molecule has 0 bridgehead atoms. The standard InChI is InChI=1S/C16H21NO4S/c1-12(2)22(19,20)10-4-8-17-9-7-13-5-6-14(21-3)11-15(13)16(17)18/h5-7,9,11-12H,4,8,10H2,1-3H3. The van der Waals surface area contributed by atoms with E-state index in [0.29, 0.717) is 24.1 Å². The molecule has 0 atom stereocenters.